The molecule has 0 amide bonds. The van der Waals surface area contributed by atoms with Gasteiger partial charge in [0, 0.05) is 0 Å². The summed E-state index contributed by atoms with van der Waals surface area (Å²) in [7, 11) is 0. The molecule has 1 N–H and O–H groups in total. The molecule has 1 aliphatic rings. The van der Waals surface area contributed by atoms with Crippen molar-refractivity contribution < 1.29 is 5.11 Å². The first-order chi connectivity index (χ1) is 5.99. The van der Waals surface area contributed by atoms with E-state index in [4.69, 9.17) is 0 Å². The second kappa shape index (κ2) is 4.00. The van der Waals surface area contributed by atoms with Gasteiger partial charge in [0.05, 0.1) is 5.60 Å². The van der Waals surface area contributed by atoms with Crippen molar-refractivity contribution in [3.63, 3.8) is 0 Å². The molecule has 0 aromatic carbocycles. The highest BCUT2D eigenvalue weighted by Gasteiger charge is 2.40. The third-order valence-electron chi connectivity index (χ3n) is 3.78. The molecule has 13 heavy (non-hydrogen) atoms. The van der Waals surface area contributed by atoms with Crippen LogP contribution in [0.15, 0.2) is 0 Å². The summed E-state index contributed by atoms with van der Waals surface area (Å²) in [6.45, 7) is 8.85. The van der Waals surface area contributed by atoms with Gasteiger partial charge in [-0.3, -0.25) is 0 Å². The summed E-state index contributed by atoms with van der Waals surface area (Å²) in [5.74, 6) is 1.85. The highest BCUT2D eigenvalue weighted by molar-refractivity contribution is 4.92. The van der Waals surface area contributed by atoms with Crippen molar-refractivity contribution in [1.82, 2.24) is 0 Å². The third-order valence-corrected chi connectivity index (χ3v) is 3.78. The molecule has 1 saturated carbocycles. The lowest BCUT2D eigenvalue weighted by Gasteiger charge is -2.44. The first kappa shape index (κ1) is 11.0. The standard InChI is InChI=1S/C12H24O/c1-5-12(13)8-10(4)6-7-11(12)9(2)3/h9-11,13H,5-8H2,1-4H3. The summed E-state index contributed by atoms with van der Waals surface area (Å²) in [5.41, 5.74) is -0.369. The average Bonchev–Trinajstić information content (AvgIpc) is 2.03. The summed E-state index contributed by atoms with van der Waals surface area (Å²) in [6.07, 6.45) is 4.43. The Kier molecular flexibility index (Phi) is 3.39. The van der Waals surface area contributed by atoms with Gasteiger partial charge in [-0.15, -0.1) is 0 Å². The van der Waals surface area contributed by atoms with Gasteiger partial charge >= 0.3 is 0 Å². The number of rotatable bonds is 2. The Balaban J connectivity index is 2.72. The molecule has 3 atom stereocenters. The number of hydrogen-bond donors (Lipinski definition) is 1. The lowest BCUT2D eigenvalue weighted by atomic mass is 9.66. The van der Waals surface area contributed by atoms with Crippen LogP contribution in [0.1, 0.15) is 53.4 Å². The highest BCUT2D eigenvalue weighted by Crippen LogP contribution is 2.42. The highest BCUT2D eigenvalue weighted by atomic mass is 16.3. The predicted molar refractivity (Wildman–Crippen MR) is 56.6 cm³/mol. The Hall–Kier alpha value is -0.0400. The Morgan fingerprint density at radius 1 is 1.38 bits per heavy atom. The first-order valence-electron chi connectivity index (χ1n) is 5.72. The van der Waals surface area contributed by atoms with Crippen LogP contribution in [-0.2, 0) is 0 Å². The predicted octanol–water partition coefficient (Wildman–Crippen LogP) is 3.22. The topological polar surface area (TPSA) is 20.2 Å². The summed E-state index contributed by atoms with van der Waals surface area (Å²) >= 11 is 0. The van der Waals surface area contributed by atoms with Gasteiger partial charge in [-0.05, 0) is 37.0 Å². The van der Waals surface area contributed by atoms with E-state index in [9.17, 15) is 5.11 Å². The lowest BCUT2D eigenvalue weighted by molar-refractivity contribution is -0.0824. The van der Waals surface area contributed by atoms with Crippen LogP contribution in [0.2, 0.25) is 0 Å². The minimum atomic E-state index is -0.369. The fourth-order valence-corrected chi connectivity index (χ4v) is 2.95. The molecule has 3 unspecified atom stereocenters. The van der Waals surface area contributed by atoms with Crippen LogP contribution < -0.4 is 0 Å². The maximum absolute atomic E-state index is 10.5. The normalized spacial score (nSPS) is 41.1. The van der Waals surface area contributed by atoms with E-state index in [-0.39, 0.29) is 5.60 Å². The Bertz CT molecular complexity index is 165. The van der Waals surface area contributed by atoms with Crippen molar-refractivity contribution in [2.75, 3.05) is 0 Å². The molecule has 1 aliphatic carbocycles. The number of hydrogen-bond acceptors (Lipinski definition) is 1. The summed E-state index contributed by atoms with van der Waals surface area (Å²) < 4.78 is 0. The fraction of sp³-hybridized carbons (Fsp3) is 1.00. The van der Waals surface area contributed by atoms with E-state index in [0.29, 0.717) is 17.8 Å². The van der Waals surface area contributed by atoms with E-state index in [1.807, 2.05) is 0 Å². The van der Waals surface area contributed by atoms with E-state index in [1.54, 1.807) is 0 Å². The van der Waals surface area contributed by atoms with E-state index in [1.165, 1.54) is 12.8 Å². The first-order valence-corrected chi connectivity index (χ1v) is 5.72. The van der Waals surface area contributed by atoms with E-state index >= 15 is 0 Å². The molecule has 1 heteroatoms. The van der Waals surface area contributed by atoms with Crippen molar-refractivity contribution in [2.24, 2.45) is 17.8 Å². The molecule has 1 nitrogen and oxygen atoms in total. The molecule has 0 bridgehead atoms. The van der Waals surface area contributed by atoms with Crippen molar-refractivity contribution in [2.45, 2.75) is 59.0 Å². The minimum absolute atomic E-state index is 0.369. The zero-order valence-electron chi connectivity index (χ0n) is 9.51. The molecular formula is C12H24O. The second-order valence-corrected chi connectivity index (χ2v) is 5.19. The molecule has 1 rings (SSSR count). The Labute approximate surface area is 82.5 Å². The van der Waals surface area contributed by atoms with E-state index in [2.05, 4.69) is 27.7 Å². The van der Waals surface area contributed by atoms with Gasteiger partial charge < -0.3 is 5.11 Å². The largest absolute Gasteiger partial charge is 0.390 e. The Morgan fingerprint density at radius 2 is 2.00 bits per heavy atom. The molecule has 0 spiro atoms. The molecule has 78 valence electrons. The summed E-state index contributed by atoms with van der Waals surface area (Å²) in [4.78, 5) is 0. The molecule has 0 heterocycles. The van der Waals surface area contributed by atoms with Crippen LogP contribution in [-0.4, -0.2) is 10.7 Å². The molecule has 0 aliphatic heterocycles. The van der Waals surface area contributed by atoms with Crippen LogP contribution in [0.4, 0.5) is 0 Å². The van der Waals surface area contributed by atoms with Gasteiger partial charge in [0.25, 0.3) is 0 Å². The molecule has 0 aromatic heterocycles. The van der Waals surface area contributed by atoms with Crippen molar-refractivity contribution in [3.8, 4) is 0 Å². The van der Waals surface area contributed by atoms with E-state index in [0.717, 1.165) is 12.8 Å². The molecule has 0 aromatic rings. The molecule has 1 fully saturated rings. The average molecular weight is 184 g/mol. The van der Waals surface area contributed by atoms with Crippen LogP contribution >= 0.6 is 0 Å². The maximum Gasteiger partial charge on any atom is 0.0678 e. The van der Waals surface area contributed by atoms with Crippen molar-refractivity contribution >= 4 is 0 Å². The maximum atomic E-state index is 10.5. The second-order valence-electron chi connectivity index (χ2n) is 5.19. The van der Waals surface area contributed by atoms with Gasteiger partial charge in [-0.1, -0.05) is 34.1 Å². The van der Waals surface area contributed by atoms with Crippen LogP contribution in [0.25, 0.3) is 0 Å². The van der Waals surface area contributed by atoms with Gasteiger partial charge in [0.2, 0.25) is 0 Å². The van der Waals surface area contributed by atoms with E-state index < -0.39 is 0 Å². The smallest absolute Gasteiger partial charge is 0.0678 e. The summed E-state index contributed by atoms with van der Waals surface area (Å²) in [6, 6.07) is 0. The monoisotopic (exact) mass is 184 g/mol. The SMILES string of the molecule is CCC1(O)CC(C)CCC1C(C)C. The lowest BCUT2D eigenvalue weighted by Crippen LogP contribution is -2.44. The summed E-state index contributed by atoms with van der Waals surface area (Å²) in [5, 5.41) is 10.5. The number of aliphatic hydroxyl groups is 1. The quantitative estimate of drug-likeness (QED) is 0.698. The molecule has 0 radical (unpaired) electrons. The van der Waals surface area contributed by atoms with Crippen LogP contribution in [0, 0.1) is 17.8 Å². The van der Waals surface area contributed by atoms with Crippen molar-refractivity contribution in [3.05, 3.63) is 0 Å². The van der Waals surface area contributed by atoms with Gasteiger partial charge in [-0.2, -0.15) is 0 Å². The zero-order valence-corrected chi connectivity index (χ0v) is 9.51. The van der Waals surface area contributed by atoms with Crippen LogP contribution in [0.5, 0.6) is 0 Å². The Morgan fingerprint density at radius 3 is 2.46 bits per heavy atom. The minimum Gasteiger partial charge on any atom is -0.390 e. The molecular weight excluding hydrogens is 160 g/mol. The van der Waals surface area contributed by atoms with Crippen LogP contribution in [0.3, 0.4) is 0 Å². The zero-order chi connectivity index (χ0) is 10.1. The van der Waals surface area contributed by atoms with Crippen molar-refractivity contribution in [1.29, 1.82) is 0 Å². The molecule has 0 saturated heterocycles. The van der Waals surface area contributed by atoms with Gasteiger partial charge in [-0.25, -0.2) is 0 Å². The third kappa shape index (κ3) is 2.25. The fourth-order valence-electron chi connectivity index (χ4n) is 2.95. The van der Waals surface area contributed by atoms with Gasteiger partial charge in [0.15, 0.2) is 0 Å². The van der Waals surface area contributed by atoms with Gasteiger partial charge in [0.1, 0.15) is 0 Å².